The number of nitrogens with one attached hydrogen (secondary N) is 1. The van der Waals surface area contributed by atoms with E-state index in [-0.39, 0.29) is 5.25 Å². The van der Waals surface area contributed by atoms with E-state index in [9.17, 15) is 9.90 Å². The van der Waals surface area contributed by atoms with Crippen LogP contribution in [0.4, 0.5) is 0 Å². The van der Waals surface area contributed by atoms with Crippen LogP contribution in [0.1, 0.15) is 37.8 Å². The highest BCUT2D eigenvalue weighted by Crippen LogP contribution is 2.41. The molecule has 0 amide bonds. The van der Waals surface area contributed by atoms with Gasteiger partial charge in [-0.3, -0.25) is 10.1 Å². The first-order chi connectivity index (χ1) is 9.57. The lowest BCUT2D eigenvalue weighted by Gasteiger charge is -2.25. The highest BCUT2D eigenvalue weighted by atomic mass is 32.2. The van der Waals surface area contributed by atoms with Crippen LogP contribution < -0.4 is 5.32 Å². The van der Waals surface area contributed by atoms with Crippen molar-refractivity contribution in [2.75, 3.05) is 0 Å². The van der Waals surface area contributed by atoms with Crippen molar-refractivity contribution >= 4 is 17.7 Å². The van der Waals surface area contributed by atoms with Gasteiger partial charge in [-0.1, -0.05) is 11.8 Å². The monoisotopic (exact) mass is 293 g/mol. The topological polar surface area (TPSA) is 75.1 Å². The molecule has 0 saturated heterocycles. The number of aliphatic carboxylic acids is 1. The molecule has 2 aliphatic carbocycles. The zero-order valence-corrected chi connectivity index (χ0v) is 12.3. The Morgan fingerprint density at radius 3 is 2.95 bits per heavy atom. The van der Waals surface area contributed by atoms with E-state index in [1.54, 1.807) is 18.0 Å². The second kappa shape index (κ2) is 5.33. The van der Waals surface area contributed by atoms with Gasteiger partial charge < -0.3 is 5.11 Å². The van der Waals surface area contributed by atoms with Crippen LogP contribution in [-0.2, 0) is 4.79 Å². The smallest absolute Gasteiger partial charge is 0.323 e. The van der Waals surface area contributed by atoms with Gasteiger partial charge in [0.1, 0.15) is 5.54 Å². The number of rotatable bonds is 5. The van der Waals surface area contributed by atoms with Gasteiger partial charge in [0.15, 0.2) is 5.16 Å². The van der Waals surface area contributed by atoms with Gasteiger partial charge in [-0.25, -0.2) is 9.97 Å². The van der Waals surface area contributed by atoms with Crippen LogP contribution in [0.5, 0.6) is 0 Å². The summed E-state index contributed by atoms with van der Waals surface area (Å²) in [4.78, 5) is 20.3. The number of aromatic nitrogens is 2. The molecule has 6 heteroatoms. The molecule has 2 aliphatic rings. The Hall–Kier alpha value is -1.14. The molecule has 2 fully saturated rings. The van der Waals surface area contributed by atoms with Crippen LogP contribution in [0.25, 0.3) is 0 Å². The maximum Gasteiger partial charge on any atom is 0.323 e. The van der Waals surface area contributed by atoms with Crippen molar-refractivity contribution in [2.45, 2.75) is 61.0 Å². The molecule has 0 radical (unpaired) electrons. The molecule has 0 aliphatic heterocycles. The van der Waals surface area contributed by atoms with Gasteiger partial charge in [-0.05, 0) is 45.1 Å². The summed E-state index contributed by atoms with van der Waals surface area (Å²) in [6.07, 6.45) is 6.21. The number of carboxylic acids is 1. The largest absolute Gasteiger partial charge is 0.480 e. The minimum atomic E-state index is -0.733. The Morgan fingerprint density at radius 1 is 1.50 bits per heavy atom. The standard InChI is InChI=1S/C14H19N3O2S/c1-9-5-7-15-13(16-9)20-11-4-6-14(8-11,12(18)19)17-10-2-3-10/h5,7,10-11,17H,2-4,6,8H2,1H3,(H,18,19). The number of carbonyl (C=O) groups is 1. The van der Waals surface area contributed by atoms with Crippen molar-refractivity contribution in [1.82, 2.24) is 15.3 Å². The van der Waals surface area contributed by atoms with Crippen LogP contribution in [0.2, 0.25) is 0 Å². The van der Waals surface area contributed by atoms with Gasteiger partial charge in [0.05, 0.1) is 0 Å². The molecule has 3 rings (SSSR count). The Morgan fingerprint density at radius 2 is 2.30 bits per heavy atom. The summed E-state index contributed by atoms with van der Waals surface area (Å²) in [6, 6.07) is 2.28. The minimum Gasteiger partial charge on any atom is -0.480 e. The Bertz CT molecular complexity index is 521. The van der Waals surface area contributed by atoms with Crippen molar-refractivity contribution in [1.29, 1.82) is 0 Å². The fourth-order valence-electron chi connectivity index (χ4n) is 2.74. The number of aryl methyl sites for hydroxylation is 1. The van der Waals surface area contributed by atoms with Crippen LogP contribution in [0.3, 0.4) is 0 Å². The third kappa shape index (κ3) is 2.96. The summed E-state index contributed by atoms with van der Waals surface area (Å²) in [6.45, 7) is 1.94. The maximum absolute atomic E-state index is 11.6. The normalized spacial score (nSPS) is 29.6. The molecule has 0 aromatic carbocycles. The molecule has 5 nitrogen and oxygen atoms in total. The van der Waals surface area contributed by atoms with Gasteiger partial charge in [-0.15, -0.1) is 0 Å². The average molecular weight is 293 g/mol. The number of thioether (sulfide) groups is 1. The SMILES string of the molecule is Cc1ccnc(SC2CCC(NC3CC3)(C(=O)O)C2)n1. The first-order valence-electron chi connectivity index (χ1n) is 7.05. The lowest BCUT2D eigenvalue weighted by atomic mass is 9.98. The molecular formula is C14H19N3O2S. The second-order valence-electron chi connectivity index (χ2n) is 5.77. The quantitative estimate of drug-likeness (QED) is 0.809. The van der Waals surface area contributed by atoms with Crippen LogP contribution >= 0.6 is 11.8 Å². The van der Waals surface area contributed by atoms with E-state index in [0.29, 0.717) is 18.9 Å². The summed E-state index contributed by atoms with van der Waals surface area (Å²) in [5, 5.41) is 13.9. The average Bonchev–Trinajstić information content (AvgIpc) is 3.10. The summed E-state index contributed by atoms with van der Waals surface area (Å²) in [5.41, 5.74) is 0.212. The van der Waals surface area contributed by atoms with Crippen molar-refractivity contribution in [2.24, 2.45) is 0 Å². The van der Waals surface area contributed by atoms with E-state index in [1.165, 1.54) is 0 Å². The lowest BCUT2D eigenvalue weighted by molar-refractivity contribution is -0.144. The Kier molecular flexibility index (Phi) is 3.69. The van der Waals surface area contributed by atoms with E-state index in [0.717, 1.165) is 30.1 Å². The molecule has 1 aromatic rings. The number of carboxylic acid groups (broad SMARTS) is 1. The van der Waals surface area contributed by atoms with Crippen molar-refractivity contribution in [3.63, 3.8) is 0 Å². The van der Waals surface area contributed by atoms with Gasteiger partial charge in [0.2, 0.25) is 0 Å². The molecule has 2 unspecified atom stereocenters. The Labute approximate surface area is 122 Å². The zero-order valence-electron chi connectivity index (χ0n) is 11.5. The van der Waals surface area contributed by atoms with Crippen molar-refractivity contribution in [3.05, 3.63) is 18.0 Å². The molecule has 2 atom stereocenters. The number of hydrogen-bond donors (Lipinski definition) is 2. The molecule has 2 N–H and O–H groups in total. The number of hydrogen-bond acceptors (Lipinski definition) is 5. The first kappa shape index (κ1) is 13.8. The van der Waals surface area contributed by atoms with Crippen molar-refractivity contribution in [3.8, 4) is 0 Å². The first-order valence-corrected chi connectivity index (χ1v) is 7.93. The second-order valence-corrected chi connectivity index (χ2v) is 7.04. The fourth-order valence-corrected chi connectivity index (χ4v) is 3.96. The van der Waals surface area contributed by atoms with Crippen LogP contribution in [0.15, 0.2) is 17.4 Å². The van der Waals surface area contributed by atoms with Crippen molar-refractivity contribution < 1.29 is 9.90 Å². The van der Waals surface area contributed by atoms with Gasteiger partial charge in [0.25, 0.3) is 0 Å². The highest BCUT2D eigenvalue weighted by Gasteiger charge is 2.48. The molecular weight excluding hydrogens is 274 g/mol. The third-order valence-electron chi connectivity index (χ3n) is 3.98. The molecule has 0 bridgehead atoms. The predicted molar refractivity (Wildman–Crippen MR) is 76.8 cm³/mol. The molecule has 20 heavy (non-hydrogen) atoms. The highest BCUT2D eigenvalue weighted by molar-refractivity contribution is 7.99. The van der Waals surface area contributed by atoms with E-state index < -0.39 is 11.5 Å². The minimum absolute atomic E-state index is 0.277. The third-order valence-corrected chi connectivity index (χ3v) is 5.12. The van der Waals surface area contributed by atoms with E-state index in [2.05, 4.69) is 15.3 Å². The van der Waals surface area contributed by atoms with Gasteiger partial charge in [-0.2, -0.15) is 0 Å². The molecule has 108 valence electrons. The lowest BCUT2D eigenvalue weighted by Crippen LogP contribution is -2.51. The maximum atomic E-state index is 11.6. The summed E-state index contributed by atoms with van der Waals surface area (Å²) in [5.74, 6) is -0.710. The predicted octanol–water partition coefficient (Wildman–Crippen LogP) is 2.01. The molecule has 1 aromatic heterocycles. The Balaban J connectivity index is 1.66. The summed E-state index contributed by atoms with van der Waals surface area (Å²) < 4.78 is 0. The molecule has 0 spiro atoms. The zero-order chi connectivity index (χ0) is 14.2. The van der Waals surface area contributed by atoms with E-state index in [4.69, 9.17) is 0 Å². The summed E-state index contributed by atoms with van der Waals surface area (Å²) >= 11 is 1.61. The summed E-state index contributed by atoms with van der Waals surface area (Å²) in [7, 11) is 0. The molecule has 1 heterocycles. The van der Waals surface area contributed by atoms with E-state index in [1.807, 2.05) is 13.0 Å². The fraction of sp³-hybridized carbons (Fsp3) is 0.643. The van der Waals surface area contributed by atoms with E-state index >= 15 is 0 Å². The van der Waals surface area contributed by atoms with Crippen LogP contribution in [-0.4, -0.2) is 37.9 Å². The number of nitrogens with zero attached hydrogens (tertiary/aromatic N) is 2. The van der Waals surface area contributed by atoms with Gasteiger partial charge in [0, 0.05) is 23.2 Å². The van der Waals surface area contributed by atoms with Crippen LogP contribution in [0, 0.1) is 6.92 Å². The molecule has 2 saturated carbocycles. The van der Waals surface area contributed by atoms with Gasteiger partial charge >= 0.3 is 5.97 Å².